The van der Waals surface area contributed by atoms with Crippen molar-refractivity contribution in [3.8, 4) is 0 Å². The first-order chi connectivity index (χ1) is 8.58. The topological polar surface area (TPSA) is 70.5 Å². The van der Waals surface area contributed by atoms with Gasteiger partial charge in [-0.1, -0.05) is 11.6 Å². The van der Waals surface area contributed by atoms with Crippen molar-refractivity contribution in [2.45, 2.75) is 13.0 Å². The number of aromatic nitrogens is 2. The SMILES string of the molecule is CCNc1ncc(Cl)c(N(C)CC(O)COC)n1. The Bertz CT molecular complexity index is 378. The van der Waals surface area contributed by atoms with Gasteiger partial charge in [-0.15, -0.1) is 0 Å². The molecule has 0 spiro atoms. The van der Waals surface area contributed by atoms with E-state index in [1.807, 2.05) is 14.0 Å². The predicted molar refractivity (Wildman–Crippen MR) is 72.4 cm³/mol. The Labute approximate surface area is 112 Å². The van der Waals surface area contributed by atoms with Crippen LogP contribution in [0.15, 0.2) is 6.20 Å². The van der Waals surface area contributed by atoms with Crippen molar-refractivity contribution in [3.63, 3.8) is 0 Å². The lowest BCUT2D eigenvalue weighted by molar-refractivity contribution is 0.0694. The average Bonchev–Trinajstić information content (AvgIpc) is 2.32. The van der Waals surface area contributed by atoms with Crippen molar-refractivity contribution in [3.05, 3.63) is 11.2 Å². The standard InChI is InChI=1S/C11H19ClN4O2/c1-4-13-11-14-5-9(12)10(15-11)16(2)6-8(17)7-18-3/h5,8,17H,4,6-7H2,1-3H3,(H,13,14,15). The molecule has 102 valence electrons. The summed E-state index contributed by atoms with van der Waals surface area (Å²) in [6.07, 6.45) is 0.953. The molecule has 0 aliphatic rings. The highest BCUT2D eigenvalue weighted by atomic mass is 35.5. The van der Waals surface area contributed by atoms with Gasteiger partial charge in [0.15, 0.2) is 5.82 Å². The number of methoxy groups -OCH3 is 1. The van der Waals surface area contributed by atoms with Crippen molar-refractivity contribution >= 4 is 23.4 Å². The molecule has 0 bridgehead atoms. The van der Waals surface area contributed by atoms with E-state index in [0.29, 0.717) is 23.3 Å². The van der Waals surface area contributed by atoms with Crippen molar-refractivity contribution in [1.82, 2.24) is 9.97 Å². The normalized spacial score (nSPS) is 12.3. The molecule has 1 aromatic heterocycles. The fourth-order valence-corrected chi connectivity index (χ4v) is 1.75. The minimum atomic E-state index is -0.589. The fraction of sp³-hybridized carbons (Fsp3) is 0.636. The molecule has 0 saturated carbocycles. The van der Waals surface area contributed by atoms with Crippen LogP contribution in [0.4, 0.5) is 11.8 Å². The zero-order chi connectivity index (χ0) is 13.5. The lowest BCUT2D eigenvalue weighted by Crippen LogP contribution is -2.32. The summed E-state index contributed by atoms with van der Waals surface area (Å²) < 4.78 is 4.88. The number of rotatable bonds is 7. The maximum atomic E-state index is 9.68. The van der Waals surface area contributed by atoms with E-state index < -0.39 is 6.10 Å². The second-order valence-corrected chi connectivity index (χ2v) is 4.29. The first kappa shape index (κ1) is 14.9. The van der Waals surface area contributed by atoms with Gasteiger partial charge in [0.05, 0.1) is 18.9 Å². The molecular formula is C11H19ClN4O2. The molecule has 1 heterocycles. The summed E-state index contributed by atoms with van der Waals surface area (Å²) in [6, 6.07) is 0. The van der Waals surface area contributed by atoms with Gasteiger partial charge in [-0.3, -0.25) is 0 Å². The van der Waals surface area contributed by atoms with Crippen LogP contribution >= 0.6 is 11.6 Å². The van der Waals surface area contributed by atoms with Crippen LogP contribution < -0.4 is 10.2 Å². The fourth-order valence-electron chi connectivity index (χ4n) is 1.52. The molecule has 1 rings (SSSR count). The summed E-state index contributed by atoms with van der Waals surface area (Å²) >= 11 is 6.04. The van der Waals surface area contributed by atoms with Gasteiger partial charge in [-0.05, 0) is 6.92 Å². The third kappa shape index (κ3) is 4.29. The van der Waals surface area contributed by atoms with E-state index in [2.05, 4.69) is 15.3 Å². The van der Waals surface area contributed by atoms with Crippen LogP contribution in [0.2, 0.25) is 5.02 Å². The largest absolute Gasteiger partial charge is 0.389 e. The lowest BCUT2D eigenvalue weighted by Gasteiger charge is -2.22. The number of hydrogen-bond donors (Lipinski definition) is 2. The molecule has 18 heavy (non-hydrogen) atoms. The summed E-state index contributed by atoms with van der Waals surface area (Å²) in [5.74, 6) is 1.10. The zero-order valence-corrected chi connectivity index (χ0v) is 11.6. The van der Waals surface area contributed by atoms with Gasteiger partial charge >= 0.3 is 0 Å². The summed E-state index contributed by atoms with van der Waals surface area (Å²) in [5, 5.41) is 13.1. The van der Waals surface area contributed by atoms with Crippen molar-refractivity contribution < 1.29 is 9.84 Å². The Kier molecular flexibility index (Phi) is 6.11. The molecule has 6 nitrogen and oxygen atoms in total. The average molecular weight is 275 g/mol. The molecule has 1 atom stereocenters. The van der Waals surface area contributed by atoms with E-state index in [0.717, 1.165) is 6.54 Å². The molecule has 0 amide bonds. The molecular weight excluding hydrogens is 256 g/mol. The van der Waals surface area contributed by atoms with Gasteiger partial charge < -0.3 is 20.1 Å². The van der Waals surface area contributed by atoms with E-state index in [9.17, 15) is 5.11 Å². The molecule has 0 radical (unpaired) electrons. The third-order valence-electron chi connectivity index (χ3n) is 2.27. The number of aliphatic hydroxyl groups is 1. The highest BCUT2D eigenvalue weighted by Gasteiger charge is 2.13. The summed E-state index contributed by atoms with van der Waals surface area (Å²) in [6.45, 7) is 3.35. The molecule has 1 aromatic rings. The van der Waals surface area contributed by atoms with E-state index in [1.165, 1.54) is 0 Å². The van der Waals surface area contributed by atoms with E-state index in [1.54, 1.807) is 18.2 Å². The van der Waals surface area contributed by atoms with Crippen molar-refractivity contribution in [2.75, 3.05) is 44.1 Å². The monoisotopic (exact) mass is 274 g/mol. The summed E-state index contributed by atoms with van der Waals surface area (Å²) in [4.78, 5) is 10.1. The second-order valence-electron chi connectivity index (χ2n) is 3.89. The molecule has 2 N–H and O–H groups in total. The van der Waals surface area contributed by atoms with Crippen LogP contribution in [-0.4, -0.2) is 55.0 Å². The minimum Gasteiger partial charge on any atom is -0.389 e. The number of anilines is 2. The maximum absolute atomic E-state index is 9.68. The Morgan fingerprint density at radius 2 is 2.33 bits per heavy atom. The van der Waals surface area contributed by atoms with E-state index >= 15 is 0 Å². The first-order valence-corrected chi connectivity index (χ1v) is 6.10. The number of ether oxygens (including phenoxy) is 1. The van der Waals surface area contributed by atoms with Gasteiger partial charge in [0.2, 0.25) is 5.95 Å². The number of halogens is 1. The molecule has 1 unspecified atom stereocenters. The number of hydrogen-bond acceptors (Lipinski definition) is 6. The van der Waals surface area contributed by atoms with Crippen molar-refractivity contribution in [1.29, 1.82) is 0 Å². The van der Waals surface area contributed by atoms with Crippen molar-refractivity contribution in [2.24, 2.45) is 0 Å². The summed E-state index contributed by atoms with van der Waals surface area (Å²) in [5.41, 5.74) is 0. The predicted octanol–water partition coefficient (Wildman–Crippen LogP) is 1.01. The molecule has 0 saturated heterocycles. The molecule has 0 aromatic carbocycles. The molecule has 0 aliphatic carbocycles. The first-order valence-electron chi connectivity index (χ1n) is 5.73. The van der Waals surface area contributed by atoms with E-state index in [-0.39, 0.29) is 6.61 Å². The Balaban J connectivity index is 2.76. The van der Waals surface area contributed by atoms with Crippen LogP contribution in [-0.2, 0) is 4.74 Å². The van der Waals surface area contributed by atoms with E-state index in [4.69, 9.17) is 16.3 Å². The maximum Gasteiger partial charge on any atom is 0.224 e. The molecule has 0 aliphatic heterocycles. The number of nitrogens with zero attached hydrogens (tertiary/aromatic N) is 3. The Morgan fingerprint density at radius 3 is 2.94 bits per heavy atom. The third-order valence-corrected chi connectivity index (χ3v) is 2.53. The van der Waals surface area contributed by atoms with Crippen LogP contribution in [0.25, 0.3) is 0 Å². The molecule has 0 fully saturated rings. The van der Waals surface area contributed by atoms with Crippen LogP contribution in [0, 0.1) is 0 Å². The zero-order valence-electron chi connectivity index (χ0n) is 10.9. The Morgan fingerprint density at radius 1 is 1.61 bits per heavy atom. The highest BCUT2D eigenvalue weighted by molar-refractivity contribution is 6.32. The number of nitrogens with one attached hydrogen (secondary N) is 1. The number of likely N-dealkylation sites (N-methyl/N-ethyl adjacent to an activating group) is 1. The minimum absolute atomic E-state index is 0.271. The van der Waals surface area contributed by atoms with Gasteiger partial charge in [-0.25, -0.2) is 4.98 Å². The quantitative estimate of drug-likeness (QED) is 0.773. The van der Waals surface area contributed by atoms with Gasteiger partial charge in [0.1, 0.15) is 5.02 Å². The van der Waals surface area contributed by atoms with Crippen LogP contribution in [0.1, 0.15) is 6.92 Å². The summed E-state index contributed by atoms with van der Waals surface area (Å²) in [7, 11) is 3.35. The van der Waals surface area contributed by atoms with Crippen LogP contribution in [0.5, 0.6) is 0 Å². The Hall–Kier alpha value is -1.11. The van der Waals surface area contributed by atoms with Crippen LogP contribution in [0.3, 0.4) is 0 Å². The second kappa shape index (κ2) is 7.35. The molecule has 7 heteroatoms. The lowest BCUT2D eigenvalue weighted by atomic mass is 10.3. The highest BCUT2D eigenvalue weighted by Crippen LogP contribution is 2.22. The smallest absolute Gasteiger partial charge is 0.224 e. The number of aliphatic hydroxyl groups excluding tert-OH is 1. The van der Waals surface area contributed by atoms with Gasteiger partial charge in [0, 0.05) is 27.2 Å². The van der Waals surface area contributed by atoms with Gasteiger partial charge in [-0.2, -0.15) is 4.98 Å². The van der Waals surface area contributed by atoms with Gasteiger partial charge in [0.25, 0.3) is 0 Å².